The molecule has 19 heavy (non-hydrogen) atoms. The maximum Gasteiger partial charge on any atom is 0.199 e. The zero-order valence-corrected chi connectivity index (χ0v) is 12.2. The molecule has 0 amide bonds. The Balaban J connectivity index is 1.77. The van der Waals surface area contributed by atoms with Crippen LogP contribution in [0.4, 0.5) is 0 Å². The number of nitrogens with one attached hydrogen (secondary N) is 1. The predicted molar refractivity (Wildman–Crippen MR) is 78.5 cm³/mol. The Morgan fingerprint density at radius 3 is 3.05 bits per heavy atom. The first kappa shape index (κ1) is 12.9. The van der Waals surface area contributed by atoms with Crippen LogP contribution in [0.5, 0.6) is 0 Å². The molecule has 0 aliphatic carbocycles. The van der Waals surface area contributed by atoms with Crippen LogP contribution in [0.15, 0.2) is 33.2 Å². The molecule has 1 aliphatic heterocycles. The summed E-state index contributed by atoms with van der Waals surface area (Å²) in [6.45, 7) is 1.02. The van der Waals surface area contributed by atoms with Crippen LogP contribution in [0.2, 0.25) is 0 Å². The molecule has 100 valence electrons. The van der Waals surface area contributed by atoms with Crippen LogP contribution in [-0.4, -0.2) is 18.4 Å². The second kappa shape index (κ2) is 5.47. The van der Waals surface area contributed by atoms with Gasteiger partial charge in [-0.2, -0.15) is 0 Å². The summed E-state index contributed by atoms with van der Waals surface area (Å²) in [5.74, 6) is 0.562. The second-order valence-corrected chi connectivity index (χ2v) is 5.98. The Hall–Kier alpha value is -1.13. The van der Waals surface area contributed by atoms with Crippen LogP contribution in [0.3, 0.4) is 0 Å². The van der Waals surface area contributed by atoms with Crippen LogP contribution in [0.25, 0.3) is 11.0 Å². The van der Waals surface area contributed by atoms with Crippen molar-refractivity contribution in [3.63, 3.8) is 0 Å². The molecule has 1 aromatic carbocycles. The molecule has 2 aromatic rings. The predicted octanol–water partition coefficient (Wildman–Crippen LogP) is 3.91. The van der Waals surface area contributed by atoms with Crippen molar-refractivity contribution in [2.24, 2.45) is 0 Å². The average molecular weight is 322 g/mol. The van der Waals surface area contributed by atoms with Crippen LogP contribution in [0.1, 0.15) is 36.2 Å². The fraction of sp³-hybridized carbons (Fsp3) is 0.400. The van der Waals surface area contributed by atoms with E-state index in [9.17, 15) is 4.79 Å². The summed E-state index contributed by atoms with van der Waals surface area (Å²) in [7, 11) is 0. The van der Waals surface area contributed by atoms with E-state index in [1.165, 1.54) is 12.8 Å². The highest BCUT2D eigenvalue weighted by Gasteiger charge is 2.19. The molecule has 3 rings (SSSR count). The number of hydrogen-bond acceptors (Lipinski definition) is 3. The Morgan fingerprint density at radius 2 is 2.26 bits per heavy atom. The molecule has 0 bridgehead atoms. The fourth-order valence-corrected chi connectivity index (χ4v) is 2.95. The van der Waals surface area contributed by atoms with E-state index in [1.807, 2.05) is 24.3 Å². The molecule has 4 heteroatoms. The molecule has 0 saturated carbocycles. The summed E-state index contributed by atoms with van der Waals surface area (Å²) in [6.07, 6.45) is 4.03. The Labute approximate surface area is 120 Å². The summed E-state index contributed by atoms with van der Waals surface area (Å²) >= 11 is 3.42. The summed E-state index contributed by atoms with van der Waals surface area (Å²) in [5, 5.41) is 4.36. The summed E-state index contributed by atoms with van der Waals surface area (Å²) in [4.78, 5) is 12.2. The summed E-state index contributed by atoms with van der Waals surface area (Å²) in [6, 6.07) is 7.92. The summed E-state index contributed by atoms with van der Waals surface area (Å²) in [5.41, 5.74) is 0.767. The van der Waals surface area contributed by atoms with E-state index in [0.29, 0.717) is 18.2 Å². The number of carbonyl (C=O) groups is 1. The van der Waals surface area contributed by atoms with Gasteiger partial charge in [0, 0.05) is 22.3 Å². The maximum absolute atomic E-state index is 12.2. The van der Waals surface area contributed by atoms with Gasteiger partial charge in [-0.25, -0.2) is 0 Å². The van der Waals surface area contributed by atoms with Crippen molar-refractivity contribution in [2.75, 3.05) is 6.54 Å². The quantitative estimate of drug-likeness (QED) is 0.871. The Bertz CT molecular complexity index is 599. The number of furan rings is 1. The molecule has 0 spiro atoms. The van der Waals surface area contributed by atoms with Crippen molar-refractivity contribution in [3.8, 4) is 0 Å². The molecule has 1 saturated heterocycles. The Morgan fingerprint density at radius 1 is 1.37 bits per heavy atom. The highest BCUT2D eigenvalue weighted by Crippen LogP contribution is 2.24. The minimum absolute atomic E-state index is 0.0896. The number of hydrogen-bond donors (Lipinski definition) is 1. The largest absolute Gasteiger partial charge is 0.453 e. The lowest BCUT2D eigenvalue weighted by atomic mass is 9.99. The minimum atomic E-state index is 0.0896. The maximum atomic E-state index is 12.2. The van der Waals surface area contributed by atoms with Crippen molar-refractivity contribution >= 4 is 32.7 Å². The number of fused-ring (bicyclic) bond motifs is 1. The van der Waals surface area contributed by atoms with Gasteiger partial charge in [-0.05, 0) is 43.7 Å². The first-order valence-corrected chi connectivity index (χ1v) is 7.47. The van der Waals surface area contributed by atoms with Gasteiger partial charge < -0.3 is 9.73 Å². The molecule has 1 aromatic heterocycles. The zero-order chi connectivity index (χ0) is 13.2. The summed E-state index contributed by atoms with van der Waals surface area (Å²) < 4.78 is 6.62. The number of Topliss-reactive ketones (excluding diaryl/α,β-unsaturated/α-hetero) is 1. The van der Waals surface area contributed by atoms with E-state index in [4.69, 9.17) is 4.42 Å². The van der Waals surface area contributed by atoms with Gasteiger partial charge in [0.15, 0.2) is 11.5 Å². The molecule has 1 N–H and O–H groups in total. The number of benzene rings is 1. The van der Waals surface area contributed by atoms with Gasteiger partial charge in [-0.15, -0.1) is 0 Å². The van der Waals surface area contributed by atoms with Gasteiger partial charge >= 0.3 is 0 Å². The highest BCUT2D eigenvalue weighted by molar-refractivity contribution is 9.10. The van der Waals surface area contributed by atoms with Gasteiger partial charge in [0.2, 0.25) is 0 Å². The smallest absolute Gasteiger partial charge is 0.199 e. The van der Waals surface area contributed by atoms with E-state index < -0.39 is 0 Å². The molecular weight excluding hydrogens is 306 g/mol. The third-order valence-corrected chi connectivity index (χ3v) is 4.09. The molecule has 1 aliphatic rings. The van der Waals surface area contributed by atoms with Crippen molar-refractivity contribution in [1.29, 1.82) is 0 Å². The standard InChI is InChI=1S/C15H16BrNO2/c16-11-4-5-14-10(7-11)8-15(19-14)13(18)9-12-3-1-2-6-17-12/h4-5,7-8,12,17H,1-3,6,9H2. The third kappa shape index (κ3) is 2.90. The molecule has 3 nitrogen and oxygen atoms in total. The number of halogens is 1. The van der Waals surface area contributed by atoms with Crippen molar-refractivity contribution in [3.05, 3.63) is 34.5 Å². The molecule has 1 atom stereocenters. The van der Waals surface area contributed by atoms with Crippen LogP contribution in [0, 0.1) is 0 Å². The van der Waals surface area contributed by atoms with Crippen molar-refractivity contribution in [1.82, 2.24) is 5.32 Å². The zero-order valence-electron chi connectivity index (χ0n) is 10.6. The van der Waals surface area contributed by atoms with E-state index in [2.05, 4.69) is 21.2 Å². The normalized spacial score (nSPS) is 19.7. The monoisotopic (exact) mass is 321 g/mol. The number of rotatable bonds is 3. The first-order chi connectivity index (χ1) is 9.22. The van der Waals surface area contributed by atoms with Crippen LogP contribution in [-0.2, 0) is 0 Å². The second-order valence-electron chi connectivity index (χ2n) is 5.07. The van der Waals surface area contributed by atoms with Gasteiger partial charge in [0.1, 0.15) is 5.58 Å². The van der Waals surface area contributed by atoms with E-state index in [-0.39, 0.29) is 5.78 Å². The van der Waals surface area contributed by atoms with Crippen LogP contribution >= 0.6 is 15.9 Å². The lowest BCUT2D eigenvalue weighted by Crippen LogP contribution is -2.35. The number of piperidine rings is 1. The lowest BCUT2D eigenvalue weighted by molar-refractivity contribution is 0.0938. The molecule has 2 heterocycles. The Kier molecular flexibility index (Phi) is 3.71. The van der Waals surface area contributed by atoms with Gasteiger partial charge in [-0.1, -0.05) is 22.4 Å². The SMILES string of the molecule is O=C(CC1CCCCN1)c1cc2cc(Br)ccc2o1. The van der Waals surface area contributed by atoms with Gasteiger partial charge in [0.25, 0.3) is 0 Å². The molecular formula is C15H16BrNO2. The van der Waals surface area contributed by atoms with E-state index >= 15 is 0 Å². The topological polar surface area (TPSA) is 42.2 Å². The van der Waals surface area contributed by atoms with Gasteiger partial charge in [-0.3, -0.25) is 4.79 Å². The molecule has 0 radical (unpaired) electrons. The van der Waals surface area contributed by atoms with Crippen molar-refractivity contribution in [2.45, 2.75) is 31.7 Å². The fourth-order valence-electron chi connectivity index (χ4n) is 2.57. The highest BCUT2D eigenvalue weighted by atomic mass is 79.9. The van der Waals surface area contributed by atoms with Crippen LogP contribution < -0.4 is 5.32 Å². The van der Waals surface area contributed by atoms with E-state index in [0.717, 1.165) is 28.4 Å². The minimum Gasteiger partial charge on any atom is -0.453 e. The molecule has 1 fully saturated rings. The lowest BCUT2D eigenvalue weighted by Gasteiger charge is -2.22. The van der Waals surface area contributed by atoms with E-state index in [1.54, 1.807) is 0 Å². The number of ketones is 1. The van der Waals surface area contributed by atoms with Crippen molar-refractivity contribution < 1.29 is 9.21 Å². The van der Waals surface area contributed by atoms with Gasteiger partial charge in [0.05, 0.1) is 0 Å². The third-order valence-electron chi connectivity index (χ3n) is 3.60. The first-order valence-electron chi connectivity index (χ1n) is 6.68. The number of carbonyl (C=O) groups excluding carboxylic acids is 1. The molecule has 1 unspecified atom stereocenters. The average Bonchev–Trinajstić information content (AvgIpc) is 2.83.